The Morgan fingerprint density at radius 1 is 1.03 bits per heavy atom. The van der Waals surface area contributed by atoms with Gasteiger partial charge in [0.05, 0.1) is 6.42 Å². The molecule has 1 saturated carbocycles. The quantitative estimate of drug-likeness (QED) is 0.459. The second-order valence-corrected chi connectivity index (χ2v) is 9.60. The number of nitrogens with one attached hydrogen (secondary N) is 2. The summed E-state index contributed by atoms with van der Waals surface area (Å²) in [5, 5.41) is 14.9. The lowest BCUT2D eigenvalue weighted by Crippen LogP contribution is -2.43. The fraction of sp³-hybridized carbons (Fsp3) is 0.464. The van der Waals surface area contributed by atoms with E-state index < -0.39 is 12.1 Å². The van der Waals surface area contributed by atoms with E-state index in [0.717, 1.165) is 36.8 Å². The van der Waals surface area contributed by atoms with Gasteiger partial charge in [0.1, 0.15) is 6.61 Å². The van der Waals surface area contributed by atoms with Crippen LogP contribution in [0.1, 0.15) is 62.5 Å². The first-order valence-electron chi connectivity index (χ1n) is 12.6. The molecule has 2 amide bonds. The van der Waals surface area contributed by atoms with Crippen LogP contribution in [0.25, 0.3) is 11.1 Å². The van der Waals surface area contributed by atoms with Crippen LogP contribution in [0.3, 0.4) is 0 Å². The zero-order valence-electron chi connectivity index (χ0n) is 20.2. The Morgan fingerprint density at radius 3 is 2.31 bits per heavy atom. The zero-order valence-corrected chi connectivity index (χ0v) is 20.2. The number of hydrogen-bond donors (Lipinski definition) is 3. The SMILES string of the molecule is CCCC(CC(=O)O)NC(=O)[C@@H]1CCC[C@@H]1CNC(=O)OCC1c2ccccc2-c2ccccc21. The Balaban J connectivity index is 1.29. The fourth-order valence-electron chi connectivity index (χ4n) is 5.58. The third kappa shape index (κ3) is 5.84. The number of alkyl carbamates (subject to hydrolysis) is 1. The van der Waals surface area contributed by atoms with Gasteiger partial charge in [0.15, 0.2) is 0 Å². The fourth-order valence-corrected chi connectivity index (χ4v) is 5.58. The van der Waals surface area contributed by atoms with E-state index >= 15 is 0 Å². The molecular weight excluding hydrogens is 444 g/mol. The summed E-state index contributed by atoms with van der Waals surface area (Å²) in [5.74, 6) is -1.23. The van der Waals surface area contributed by atoms with E-state index in [-0.39, 0.29) is 42.7 Å². The van der Waals surface area contributed by atoms with Crippen LogP contribution in [0.15, 0.2) is 48.5 Å². The van der Waals surface area contributed by atoms with E-state index in [1.54, 1.807) is 0 Å². The molecule has 3 atom stereocenters. The van der Waals surface area contributed by atoms with Gasteiger partial charge in [-0.2, -0.15) is 0 Å². The lowest BCUT2D eigenvalue weighted by Gasteiger charge is -2.23. The first-order chi connectivity index (χ1) is 17.0. The number of amides is 2. The van der Waals surface area contributed by atoms with Crippen LogP contribution < -0.4 is 10.6 Å². The van der Waals surface area contributed by atoms with Crippen LogP contribution >= 0.6 is 0 Å². The average molecular weight is 479 g/mol. The van der Waals surface area contributed by atoms with Gasteiger partial charge in [-0.15, -0.1) is 0 Å². The molecule has 7 heteroatoms. The minimum absolute atomic E-state index is 0.00268. The third-order valence-corrected chi connectivity index (χ3v) is 7.25. The van der Waals surface area contributed by atoms with Gasteiger partial charge in [-0.3, -0.25) is 9.59 Å². The maximum Gasteiger partial charge on any atom is 0.407 e. The molecule has 0 aliphatic heterocycles. The summed E-state index contributed by atoms with van der Waals surface area (Å²) in [5.41, 5.74) is 4.69. The molecule has 0 aromatic heterocycles. The molecule has 2 aliphatic rings. The number of rotatable bonds is 10. The molecule has 1 fully saturated rings. The Hall–Kier alpha value is -3.35. The van der Waals surface area contributed by atoms with Crippen molar-refractivity contribution in [3.05, 3.63) is 59.7 Å². The molecule has 3 N–H and O–H groups in total. The number of aliphatic carboxylic acids is 1. The number of hydrogen-bond acceptors (Lipinski definition) is 4. The normalized spacial score (nSPS) is 19.5. The Kier molecular flexibility index (Phi) is 8.06. The van der Waals surface area contributed by atoms with Gasteiger partial charge in [-0.1, -0.05) is 68.3 Å². The molecule has 186 valence electrons. The summed E-state index contributed by atoms with van der Waals surface area (Å²) < 4.78 is 5.62. The zero-order chi connectivity index (χ0) is 24.8. The summed E-state index contributed by atoms with van der Waals surface area (Å²) in [7, 11) is 0. The van der Waals surface area contributed by atoms with Gasteiger partial charge in [-0.05, 0) is 47.4 Å². The number of fused-ring (bicyclic) bond motifs is 3. The van der Waals surface area contributed by atoms with Crippen molar-refractivity contribution in [2.75, 3.05) is 13.2 Å². The van der Waals surface area contributed by atoms with Crippen molar-refractivity contribution in [1.29, 1.82) is 0 Å². The smallest absolute Gasteiger partial charge is 0.407 e. The van der Waals surface area contributed by atoms with Crippen LogP contribution in [0.4, 0.5) is 4.79 Å². The van der Waals surface area contributed by atoms with E-state index in [1.807, 2.05) is 31.2 Å². The first-order valence-corrected chi connectivity index (χ1v) is 12.6. The van der Waals surface area contributed by atoms with Crippen molar-refractivity contribution < 1.29 is 24.2 Å². The van der Waals surface area contributed by atoms with Crippen LogP contribution in [0, 0.1) is 11.8 Å². The molecule has 2 aliphatic carbocycles. The van der Waals surface area contributed by atoms with Crippen molar-refractivity contribution in [1.82, 2.24) is 10.6 Å². The highest BCUT2D eigenvalue weighted by Gasteiger charge is 2.34. The molecule has 35 heavy (non-hydrogen) atoms. The van der Waals surface area contributed by atoms with Gasteiger partial charge in [0.25, 0.3) is 0 Å². The Labute approximate surface area is 206 Å². The molecule has 4 rings (SSSR count). The minimum atomic E-state index is -0.913. The predicted octanol–water partition coefficient (Wildman–Crippen LogP) is 4.70. The molecular formula is C28H34N2O5. The van der Waals surface area contributed by atoms with Gasteiger partial charge in [-0.25, -0.2) is 4.79 Å². The predicted molar refractivity (Wildman–Crippen MR) is 133 cm³/mol. The van der Waals surface area contributed by atoms with Crippen LogP contribution in [0.2, 0.25) is 0 Å². The second kappa shape index (κ2) is 11.4. The number of carboxylic acids is 1. The number of carboxylic acid groups (broad SMARTS) is 1. The molecule has 0 radical (unpaired) electrons. The average Bonchev–Trinajstić information content (AvgIpc) is 3.44. The topological polar surface area (TPSA) is 105 Å². The number of carbonyl (C=O) groups is 3. The van der Waals surface area contributed by atoms with Gasteiger partial charge < -0.3 is 20.5 Å². The second-order valence-electron chi connectivity index (χ2n) is 9.60. The van der Waals surface area contributed by atoms with Gasteiger partial charge >= 0.3 is 12.1 Å². The van der Waals surface area contributed by atoms with Crippen molar-refractivity contribution >= 4 is 18.0 Å². The minimum Gasteiger partial charge on any atom is -0.481 e. The summed E-state index contributed by atoms with van der Waals surface area (Å²) in [6, 6.07) is 16.1. The summed E-state index contributed by atoms with van der Waals surface area (Å²) in [6.45, 7) is 2.59. The van der Waals surface area contributed by atoms with E-state index in [9.17, 15) is 14.4 Å². The van der Waals surface area contributed by atoms with E-state index in [4.69, 9.17) is 9.84 Å². The molecule has 7 nitrogen and oxygen atoms in total. The van der Waals surface area contributed by atoms with Crippen LogP contribution in [-0.2, 0) is 14.3 Å². The number of benzene rings is 2. The standard InChI is InChI=1S/C28H34N2O5/c1-2-8-19(15-26(31)32)30-27(33)20-14-7-9-18(20)16-29-28(34)35-17-25-23-12-5-3-10-21(23)22-11-4-6-13-24(22)25/h3-6,10-13,18-20,25H,2,7-9,14-17H2,1H3,(H,29,34)(H,30,33)(H,31,32)/t18-,19?,20-/m1/s1. The summed E-state index contributed by atoms with van der Waals surface area (Å²) in [4.78, 5) is 36.5. The van der Waals surface area contributed by atoms with Gasteiger partial charge in [0, 0.05) is 24.4 Å². The molecule has 1 unspecified atom stereocenters. The maximum absolute atomic E-state index is 12.9. The van der Waals surface area contributed by atoms with E-state index in [1.165, 1.54) is 11.1 Å². The van der Waals surface area contributed by atoms with Crippen LogP contribution in [-0.4, -0.2) is 42.3 Å². The number of carbonyl (C=O) groups excluding carboxylic acids is 2. The first kappa shape index (κ1) is 24.8. The lowest BCUT2D eigenvalue weighted by atomic mass is 9.94. The van der Waals surface area contributed by atoms with E-state index in [0.29, 0.717) is 13.0 Å². The van der Waals surface area contributed by atoms with Crippen molar-refractivity contribution in [3.8, 4) is 11.1 Å². The molecule has 0 saturated heterocycles. The highest BCUT2D eigenvalue weighted by molar-refractivity contribution is 5.81. The highest BCUT2D eigenvalue weighted by atomic mass is 16.5. The van der Waals surface area contributed by atoms with Crippen molar-refractivity contribution in [2.45, 2.75) is 57.4 Å². The van der Waals surface area contributed by atoms with Crippen LogP contribution in [0.5, 0.6) is 0 Å². The maximum atomic E-state index is 12.9. The summed E-state index contributed by atoms with van der Waals surface area (Å²) >= 11 is 0. The Bertz CT molecular complexity index is 1020. The molecule has 0 spiro atoms. The van der Waals surface area contributed by atoms with E-state index in [2.05, 4.69) is 34.9 Å². The van der Waals surface area contributed by atoms with Crippen molar-refractivity contribution in [2.24, 2.45) is 11.8 Å². The molecule has 0 bridgehead atoms. The summed E-state index contributed by atoms with van der Waals surface area (Å²) in [6.07, 6.45) is 3.38. The molecule has 0 heterocycles. The van der Waals surface area contributed by atoms with Crippen molar-refractivity contribution in [3.63, 3.8) is 0 Å². The lowest BCUT2D eigenvalue weighted by molar-refractivity contribution is -0.138. The largest absolute Gasteiger partial charge is 0.481 e. The molecule has 2 aromatic carbocycles. The van der Waals surface area contributed by atoms with Gasteiger partial charge in [0.2, 0.25) is 5.91 Å². The number of ether oxygens (including phenoxy) is 1. The monoisotopic (exact) mass is 478 g/mol. The highest BCUT2D eigenvalue weighted by Crippen LogP contribution is 2.44. The molecule has 2 aromatic rings. The third-order valence-electron chi connectivity index (χ3n) is 7.25. The Morgan fingerprint density at radius 2 is 1.69 bits per heavy atom.